The van der Waals surface area contributed by atoms with Crippen molar-refractivity contribution < 1.29 is 14.3 Å². The Bertz CT molecular complexity index is 1030. The lowest BCUT2D eigenvalue weighted by Crippen LogP contribution is -2.45. The van der Waals surface area contributed by atoms with Crippen LogP contribution in [0, 0.1) is 5.41 Å². The maximum atomic E-state index is 12.7. The normalized spacial score (nSPS) is 21.0. The number of imidazole rings is 1. The molecule has 150 valence electrons. The minimum Gasteiger partial charge on any atom is -0.460 e. The Kier molecular flexibility index (Phi) is 4.62. The van der Waals surface area contributed by atoms with Crippen LogP contribution in [-0.2, 0) is 27.3 Å². The summed E-state index contributed by atoms with van der Waals surface area (Å²) in [6, 6.07) is 11.9. The summed E-state index contributed by atoms with van der Waals surface area (Å²) in [6.07, 6.45) is 4.20. The highest BCUT2D eigenvalue weighted by atomic mass is 32.1. The van der Waals surface area contributed by atoms with Gasteiger partial charge in [0.1, 0.15) is 6.10 Å². The van der Waals surface area contributed by atoms with Crippen molar-refractivity contribution in [1.29, 1.82) is 0 Å². The molecule has 1 unspecified atom stereocenters. The van der Waals surface area contributed by atoms with Gasteiger partial charge in [-0.1, -0.05) is 18.2 Å². The maximum absolute atomic E-state index is 12.7. The molecule has 1 amide bonds. The van der Waals surface area contributed by atoms with E-state index >= 15 is 0 Å². The maximum Gasteiger partial charge on any atom is 0.312 e. The number of cyclic esters (lactones) is 1. The first kappa shape index (κ1) is 18.4. The van der Waals surface area contributed by atoms with Crippen LogP contribution in [0.25, 0.3) is 11.0 Å². The van der Waals surface area contributed by atoms with Gasteiger partial charge in [0.2, 0.25) is 5.91 Å². The smallest absolute Gasteiger partial charge is 0.312 e. The number of para-hydroxylation sites is 2. The number of hydrogen-bond donors (Lipinski definition) is 0. The van der Waals surface area contributed by atoms with E-state index in [0.29, 0.717) is 45.3 Å². The Labute approximate surface area is 173 Å². The molecule has 0 radical (unpaired) electrons. The number of aromatic nitrogens is 2. The van der Waals surface area contributed by atoms with E-state index in [1.54, 1.807) is 11.3 Å². The Morgan fingerprint density at radius 2 is 2.03 bits per heavy atom. The molecule has 2 aromatic heterocycles. The van der Waals surface area contributed by atoms with E-state index in [0.717, 1.165) is 15.9 Å². The predicted octanol–water partition coefficient (Wildman–Crippen LogP) is 3.26. The highest BCUT2D eigenvalue weighted by Gasteiger charge is 2.50. The van der Waals surface area contributed by atoms with Crippen LogP contribution in [0.1, 0.15) is 24.1 Å². The zero-order valence-corrected chi connectivity index (χ0v) is 16.9. The van der Waals surface area contributed by atoms with Crippen LogP contribution >= 0.6 is 11.3 Å². The lowest BCUT2D eigenvalue weighted by molar-refractivity contribution is -0.152. The summed E-state index contributed by atoms with van der Waals surface area (Å²) in [5.41, 5.74) is 1.56. The van der Waals surface area contributed by atoms with Crippen molar-refractivity contribution in [3.05, 3.63) is 53.0 Å². The van der Waals surface area contributed by atoms with Gasteiger partial charge in [-0.15, -0.1) is 11.3 Å². The van der Waals surface area contributed by atoms with Crippen LogP contribution in [0.4, 0.5) is 0 Å². The number of hydrogen-bond acceptors (Lipinski definition) is 5. The number of carbonyl (C=O) groups excluding carboxylic acids is 2. The van der Waals surface area contributed by atoms with Gasteiger partial charge in [-0.25, -0.2) is 4.98 Å². The van der Waals surface area contributed by atoms with Crippen LogP contribution in [0.5, 0.6) is 0 Å². The topological polar surface area (TPSA) is 64.4 Å². The molecule has 0 aliphatic carbocycles. The molecular formula is C22H23N3O3S. The van der Waals surface area contributed by atoms with Crippen molar-refractivity contribution in [3.8, 4) is 0 Å². The van der Waals surface area contributed by atoms with E-state index in [4.69, 9.17) is 4.74 Å². The molecule has 1 aromatic carbocycles. The molecule has 3 aromatic rings. The number of ether oxygens (including phenoxy) is 1. The minimum absolute atomic E-state index is 0.0997. The Balaban J connectivity index is 1.22. The zero-order valence-electron chi connectivity index (χ0n) is 16.1. The van der Waals surface area contributed by atoms with E-state index in [2.05, 4.69) is 9.55 Å². The van der Waals surface area contributed by atoms with Gasteiger partial charge in [0.15, 0.2) is 0 Å². The molecule has 2 fully saturated rings. The monoisotopic (exact) mass is 409 g/mol. The van der Waals surface area contributed by atoms with E-state index in [9.17, 15) is 9.59 Å². The number of esters is 1. The van der Waals surface area contributed by atoms with Gasteiger partial charge < -0.3 is 14.2 Å². The van der Waals surface area contributed by atoms with Crippen LogP contribution in [-0.4, -0.2) is 45.5 Å². The highest BCUT2D eigenvalue weighted by Crippen LogP contribution is 2.43. The van der Waals surface area contributed by atoms with Crippen molar-refractivity contribution in [2.75, 3.05) is 13.1 Å². The van der Waals surface area contributed by atoms with E-state index in [1.165, 1.54) is 0 Å². The van der Waals surface area contributed by atoms with Gasteiger partial charge in [0, 0.05) is 24.4 Å². The second kappa shape index (κ2) is 7.30. The third kappa shape index (κ3) is 3.44. The lowest BCUT2D eigenvalue weighted by atomic mass is 9.76. The molecule has 2 saturated heterocycles. The third-order valence-corrected chi connectivity index (χ3v) is 7.11. The molecule has 2 aliphatic rings. The number of nitrogens with zero attached hydrogens (tertiary/aromatic N) is 3. The van der Waals surface area contributed by atoms with Crippen molar-refractivity contribution in [3.63, 3.8) is 0 Å². The molecule has 4 heterocycles. The van der Waals surface area contributed by atoms with Crippen LogP contribution in [0.3, 0.4) is 0 Å². The van der Waals surface area contributed by atoms with Gasteiger partial charge in [-0.05, 0) is 36.4 Å². The van der Waals surface area contributed by atoms with E-state index < -0.39 is 5.41 Å². The number of fused-ring (bicyclic) bond motifs is 1. The van der Waals surface area contributed by atoms with Gasteiger partial charge in [0.25, 0.3) is 0 Å². The van der Waals surface area contributed by atoms with Crippen molar-refractivity contribution >= 4 is 34.2 Å². The Morgan fingerprint density at radius 1 is 1.21 bits per heavy atom. The van der Waals surface area contributed by atoms with Crippen LogP contribution in [0.2, 0.25) is 0 Å². The predicted molar refractivity (Wildman–Crippen MR) is 111 cm³/mol. The fourth-order valence-electron chi connectivity index (χ4n) is 4.58. The second-order valence-electron chi connectivity index (χ2n) is 8.03. The zero-order chi connectivity index (χ0) is 19.8. The van der Waals surface area contributed by atoms with Gasteiger partial charge in [-0.2, -0.15) is 0 Å². The average Bonchev–Trinajstić information content (AvgIpc) is 3.44. The van der Waals surface area contributed by atoms with Gasteiger partial charge >= 0.3 is 5.97 Å². The number of likely N-dealkylation sites (tertiary alicyclic amines) is 1. The first-order chi connectivity index (χ1) is 14.1. The summed E-state index contributed by atoms with van der Waals surface area (Å²) in [5, 5.41) is 1.99. The summed E-state index contributed by atoms with van der Waals surface area (Å²) < 4.78 is 7.83. The van der Waals surface area contributed by atoms with E-state index in [-0.39, 0.29) is 18.0 Å². The summed E-state index contributed by atoms with van der Waals surface area (Å²) in [6.45, 7) is 1.87. The quantitative estimate of drug-likeness (QED) is 0.621. The Hall–Kier alpha value is -2.67. The standard InChI is InChI=1S/C22H23N3O3S/c26-20(12-17-4-3-11-29-17)24-9-7-22(8-10-24)13-16(28-21(22)27)14-25-15-23-18-5-1-2-6-19(18)25/h1-6,11,15-16H,7-10,12-14H2. The third-order valence-electron chi connectivity index (χ3n) is 6.23. The number of carbonyl (C=O) groups is 2. The van der Waals surface area contributed by atoms with Crippen molar-refractivity contribution in [2.45, 2.75) is 38.3 Å². The molecule has 0 N–H and O–H groups in total. The van der Waals surface area contributed by atoms with Crippen LogP contribution in [0.15, 0.2) is 48.1 Å². The van der Waals surface area contributed by atoms with Crippen LogP contribution < -0.4 is 0 Å². The molecule has 5 rings (SSSR count). The molecule has 1 spiro atoms. The lowest BCUT2D eigenvalue weighted by Gasteiger charge is -2.36. The molecule has 0 bridgehead atoms. The second-order valence-corrected chi connectivity index (χ2v) is 9.07. The van der Waals surface area contributed by atoms with Crippen molar-refractivity contribution in [1.82, 2.24) is 14.5 Å². The minimum atomic E-state index is -0.444. The first-order valence-corrected chi connectivity index (χ1v) is 10.9. The fourth-order valence-corrected chi connectivity index (χ4v) is 5.28. The summed E-state index contributed by atoms with van der Waals surface area (Å²) in [5.74, 6) is 0.0485. The molecule has 2 aliphatic heterocycles. The molecule has 0 saturated carbocycles. The number of piperidine rings is 1. The average molecular weight is 410 g/mol. The SMILES string of the molecule is O=C(Cc1cccs1)N1CCC2(CC1)CC(Cn1cnc3ccccc31)OC2=O. The summed E-state index contributed by atoms with van der Waals surface area (Å²) >= 11 is 1.61. The Morgan fingerprint density at radius 3 is 2.83 bits per heavy atom. The summed E-state index contributed by atoms with van der Waals surface area (Å²) in [7, 11) is 0. The molecule has 29 heavy (non-hydrogen) atoms. The van der Waals surface area contributed by atoms with Crippen molar-refractivity contribution in [2.24, 2.45) is 5.41 Å². The number of benzene rings is 1. The number of rotatable bonds is 4. The number of thiophene rings is 1. The molecule has 6 nitrogen and oxygen atoms in total. The van der Waals surface area contributed by atoms with Gasteiger partial charge in [0.05, 0.1) is 35.7 Å². The molecule has 1 atom stereocenters. The van der Waals surface area contributed by atoms with Gasteiger partial charge in [-0.3, -0.25) is 9.59 Å². The van der Waals surface area contributed by atoms with E-state index in [1.807, 2.05) is 53.0 Å². The first-order valence-electron chi connectivity index (χ1n) is 10.0. The highest BCUT2D eigenvalue weighted by molar-refractivity contribution is 7.10. The molecular weight excluding hydrogens is 386 g/mol. The summed E-state index contributed by atoms with van der Waals surface area (Å²) in [4.78, 5) is 32.7. The molecule has 7 heteroatoms. The fraction of sp³-hybridized carbons (Fsp3) is 0.409. The number of amides is 1. The largest absolute Gasteiger partial charge is 0.460 e.